The maximum absolute atomic E-state index is 12.2. The maximum Gasteiger partial charge on any atom is 0.274 e. The second kappa shape index (κ2) is 11.0. The van der Waals surface area contributed by atoms with Crippen LogP contribution in [0.15, 0.2) is 59.8 Å². The molecule has 0 bridgehead atoms. The molecule has 3 aromatic rings. The Morgan fingerprint density at radius 1 is 1.13 bits per heavy atom. The largest absolute Gasteiger partial charge is 0.490 e. The molecule has 0 atom stereocenters. The molecule has 1 heterocycles. The van der Waals surface area contributed by atoms with E-state index >= 15 is 0 Å². The average Bonchev–Trinajstić information content (AvgIpc) is 2.75. The Labute approximate surface area is 194 Å². The highest BCUT2D eigenvalue weighted by Crippen LogP contribution is 2.37. The van der Waals surface area contributed by atoms with Crippen molar-refractivity contribution in [3.8, 4) is 11.5 Å². The van der Waals surface area contributed by atoms with Crippen LogP contribution in [0.1, 0.15) is 28.4 Å². The normalized spacial score (nSPS) is 10.8. The number of nitrogens with zero attached hydrogens (tertiary/aromatic N) is 2. The molecule has 1 aromatic heterocycles. The number of rotatable bonds is 8. The molecule has 0 saturated heterocycles. The van der Waals surface area contributed by atoms with Crippen molar-refractivity contribution in [2.75, 3.05) is 6.61 Å². The number of nitrogens with one attached hydrogen (secondary N) is 1. The van der Waals surface area contributed by atoms with Crippen LogP contribution >= 0.6 is 34.8 Å². The number of amides is 1. The Balaban J connectivity index is 1.73. The van der Waals surface area contributed by atoms with Crippen molar-refractivity contribution >= 4 is 46.9 Å². The van der Waals surface area contributed by atoms with Crippen LogP contribution in [-0.2, 0) is 6.61 Å². The molecular formula is C22H18Cl3N3O3. The quantitative estimate of drug-likeness (QED) is 0.253. The highest BCUT2D eigenvalue weighted by Gasteiger charge is 2.13. The van der Waals surface area contributed by atoms with E-state index < -0.39 is 5.91 Å². The van der Waals surface area contributed by atoms with Gasteiger partial charge in [-0.05, 0) is 54.4 Å². The molecule has 9 heteroatoms. The van der Waals surface area contributed by atoms with Gasteiger partial charge in [0.15, 0.2) is 11.5 Å². The van der Waals surface area contributed by atoms with Gasteiger partial charge in [-0.3, -0.25) is 4.79 Å². The van der Waals surface area contributed by atoms with Gasteiger partial charge < -0.3 is 9.47 Å². The Morgan fingerprint density at radius 2 is 1.90 bits per heavy atom. The fraction of sp³-hybridized carbons (Fsp3) is 0.136. The summed E-state index contributed by atoms with van der Waals surface area (Å²) in [5, 5.41) is 5.05. The topological polar surface area (TPSA) is 72.8 Å². The lowest BCUT2D eigenvalue weighted by molar-refractivity contribution is 0.0955. The van der Waals surface area contributed by atoms with E-state index in [0.29, 0.717) is 40.3 Å². The van der Waals surface area contributed by atoms with Gasteiger partial charge in [-0.2, -0.15) is 5.10 Å². The van der Waals surface area contributed by atoms with E-state index in [9.17, 15) is 4.79 Å². The number of ether oxygens (including phenoxy) is 2. The van der Waals surface area contributed by atoms with Crippen LogP contribution in [0.3, 0.4) is 0 Å². The standard InChI is InChI=1S/C22H18Cl3N3O3/c1-2-30-19-11-15(12-27-28-22(29)17-4-3-9-26-21(17)25)10-18(24)20(19)31-13-14-5-7-16(23)8-6-14/h3-12H,2,13H2,1H3,(H,28,29). The zero-order valence-corrected chi connectivity index (χ0v) is 18.7. The van der Waals surface area contributed by atoms with E-state index in [0.717, 1.165) is 5.56 Å². The molecule has 0 saturated carbocycles. The molecule has 0 aliphatic carbocycles. The van der Waals surface area contributed by atoms with Gasteiger partial charge in [-0.1, -0.05) is 46.9 Å². The van der Waals surface area contributed by atoms with Crippen LogP contribution < -0.4 is 14.9 Å². The summed E-state index contributed by atoms with van der Waals surface area (Å²) in [5.74, 6) is 0.405. The first-order chi connectivity index (χ1) is 15.0. The zero-order valence-electron chi connectivity index (χ0n) is 16.4. The van der Waals surface area contributed by atoms with Crippen molar-refractivity contribution in [1.82, 2.24) is 10.4 Å². The summed E-state index contributed by atoms with van der Waals surface area (Å²) in [6, 6.07) is 13.9. The SMILES string of the molecule is CCOc1cc(C=NNC(=O)c2cccnc2Cl)cc(Cl)c1OCc1ccc(Cl)cc1. The molecule has 0 aliphatic rings. The zero-order chi connectivity index (χ0) is 22.2. The molecule has 1 N–H and O–H groups in total. The molecule has 6 nitrogen and oxygen atoms in total. The predicted octanol–water partition coefficient (Wildman–Crippen LogP) is 5.78. The second-order valence-electron chi connectivity index (χ2n) is 6.22. The molecule has 0 radical (unpaired) electrons. The van der Waals surface area contributed by atoms with Gasteiger partial charge in [0.25, 0.3) is 5.91 Å². The summed E-state index contributed by atoms with van der Waals surface area (Å²) in [6.45, 7) is 2.58. The number of halogens is 3. The van der Waals surface area contributed by atoms with Crippen LogP contribution in [0.4, 0.5) is 0 Å². The van der Waals surface area contributed by atoms with E-state index in [1.54, 1.807) is 36.4 Å². The van der Waals surface area contributed by atoms with Crippen molar-refractivity contribution in [2.45, 2.75) is 13.5 Å². The minimum atomic E-state index is -0.478. The number of hydrogen-bond donors (Lipinski definition) is 1. The molecule has 2 aromatic carbocycles. The summed E-state index contributed by atoms with van der Waals surface area (Å²) in [6.07, 6.45) is 2.94. The number of hydrazone groups is 1. The third-order valence-corrected chi connectivity index (χ3v) is 4.85. The monoisotopic (exact) mass is 477 g/mol. The molecule has 0 fully saturated rings. The summed E-state index contributed by atoms with van der Waals surface area (Å²) < 4.78 is 11.6. The Bertz CT molecular complexity index is 1090. The number of carbonyl (C=O) groups excluding carboxylic acids is 1. The highest BCUT2D eigenvalue weighted by atomic mass is 35.5. The third-order valence-electron chi connectivity index (χ3n) is 4.01. The Hall–Kier alpha value is -2.80. The van der Waals surface area contributed by atoms with E-state index in [-0.39, 0.29) is 10.7 Å². The van der Waals surface area contributed by atoms with E-state index in [1.165, 1.54) is 12.4 Å². The Kier molecular flexibility index (Phi) is 8.12. The molecule has 160 valence electrons. The van der Waals surface area contributed by atoms with Crippen molar-refractivity contribution in [3.63, 3.8) is 0 Å². The van der Waals surface area contributed by atoms with Gasteiger partial charge in [0, 0.05) is 11.2 Å². The van der Waals surface area contributed by atoms with Crippen LogP contribution in [0, 0.1) is 0 Å². The minimum Gasteiger partial charge on any atom is -0.490 e. The van der Waals surface area contributed by atoms with Gasteiger partial charge in [0.1, 0.15) is 11.8 Å². The molecule has 0 spiro atoms. The number of benzene rings is 2. The predicted molar refractivity (Wildman–Crippen MR) is 123 cm³/mol. The smallest absolute Gasteiger partial charge is 0.274 e. The molecule has 3 rings (SSSR count). The average molecular weight is 479 g/mol. The van der Waals surface area contributed by atoms with Crippen molar-refractivity contribution in [3.05, 3.63) is 86.6 Å². The lowest BCUT2D eigenvalue weighted by atomic mass is 10.2. The molecular weight excluding hydrogens is 461 g/mol. The van der Waals surface area contributed by atoms with Crippen LogP contribution in [0.2, 0.25) is 15.2 Å². The first-order valence-corrected chi connectivity index (χ1v) is 10.4. The van der Waals surface area contributed by atoms with Crippen molar-refractivity contribution in [2.24, 2.45) is 5.10 Å². The molecule has 31 heavy (non-hydrogen) atoms. The number of hydrogen-bond acceptors (Lipinski definition) is 5. The second-order valence-corrected chi connectivity index (χ2v) is 7.42. The van der Waals surface area contributed by atoms with E-state index in [2.05, 4.69) is 15.5 Å². The number of aromatic nitrogens is 1. The van der Waals surface area contributed by atoms with Crippen molar-refractivity contribution in [1.29, 1.82) is 0 Å². The van der Waals surface area contributed by atoms with Gasteiger partial charge in [-0.15, -0.1) is 0 Å². The lowest BCUT2D eigenvalue weighted by Gasteiger charge is -2.14. The van der Waals surface area contributed by atoms with Gasteiger partial charge in [-0.25, -0.2) is 10.4 Å². The minimum absolute atomic E-state index is 0.0964. The molecule has 1 amide bonds. The van der Waals surface area contributed by atoms with Crippen LogP contribution in [0.5, 0.6) is 11.5 Å². The molecule has 0 unspecified atom stereocenters. The Morgan fingerprint density at radius 3 is 2.61 bits per heavy atom. The fourth-order valence-electron chi connectivity index (χ4n) is 2.58. The maximum atomic E-state index is 12.2. The van der Waals surface area contributed by atoms with E-state index in [1.807, 2.05) is 19.1 Å². The number of carbonyl (C=O) groups is 1. The first-order valence-electron chi connectivity index (χ1n) is 9.25. The third kappa shape index (κ3) is 6.34. The van der Waals surface area contributed by atoms with Gasteiger partial charge in [0.2, 0.25) is 0 Å². The first kappa shape index (κ1) is 22.9. The van der Waals surface area contributed by atoms with Crippen LogP contribution in [-0.4, -0.2) is 23.7 Å². The summed E-state index contributed by atoms with van der Waals surface area (Å²) >= 11 is 18.2. The van der Waals surface area contributed by atoms with Crippen molar-refractivity contribution < 1.29 is 14.3 Å². The van der Waals surface area contributed by atoms with E-state index in [4.69, 9.17) is 44.3 Å². The summed E-state index contributed by atoms with van der Waals surface area (Å²) in [5.41, 5.74) is 4.18. The highest BCUT2D eigenvalue weighted by molar-refractivity contribution is 6.33. The fourth-order valence-corrected chi connectivity index (χ4v) is 3.19. The summed E-state index contributed by atoms with van der Waals surface area (Å²) in [4.78, 5) is 16.0. The van der Waals surface area contributed by atoms with Gasteiger partial charge >= 0.3 is 0 Å². The summed E-state index contributed by atoms with van der Waals surface area (Å²) in [7, 11) is 0. The lowest BCUT2D eigenvalue weighted by Crippen LogP contribution is -2.18. The van der Waals surface area contributed by atoms with Gasteiger partial charge in [0.05, 0.1) is 23.4 Å². The van der Waals surface area contributed by atoms with Crippen LogP contribution in [0.25, 0.3) is 0 Å². The molecule has 0 aliphatic heterocycles. The number of pyridine rings is 1.